The van der Waals surface area contributed by atoms with Crippen LogP contribution in [-0.2, 0) is 0 Å². The van der Waals surface area contributed by atoms with Crippen molar-refractivity contribution in [2.75, 3.05) is 11.9 Å². The summed E-state index contributed by atoms with van der Waals surface area (Å²) >= 11 is 0. The lowest BCUT2D eigenvalue weighted by Crippen LogP contribution is -2.41. The maximum atomic E-state index is 11.6. The highest BCUT2D eigenvalue weighted by Crippen LogP contribution is 2.32. The van der Waals surface area contributed by atoms with Gasteiger partial charge in [-0.25, -0.2) is 4.98 Å². The van der Waals surface area contributed by atoms with Crippen LogP contribution in [-0.4, -0.2) is 27.2 Å². The van der Waals surface area contributed by atoms with Crippen molar-refractivity contribution in [1.82, 2.24) is 9.97 Å². The van der Waals surface area contributed by atoms with Crippen LogP contribution in [0.5, 0.6) is 0 Å². The van der Waals surface area contributed by atoms with Gasteiger partial charge in [0.25, 0.3) is 5.56 Å². The molecule has 1 saturated carbocycles. The quantitative estimate of drug-likeness (QED) is 0.790. The van der Waals surface area contributed by atoms with Crippen molar-refractivity contribution in [2.24, 2.45) is 5.92 Å². The summed E-state index contributed by atoms with van der Waals surface area (Å²) in [4.78, 5) is 18.7. The average Bonchev–Trinajstić information content (AvgIpc) is 2.35. The first-order valence-corrected chi connectivity index (χ1v) is 7.45. The number of aromatic amines is 1. The lowest BCUT2D eigenvalue weighted by atomic mass is 9.79. The second kappa shape index (κ2) is 5.95. The molecule has 112 valence electrons. The van der Waals surface area contributed by atoms with Crippen LogP contribution in [0.2, 0.25) is 0 Å². The van der Waals surface area contributed by atoms with Crippen molar-refractivity contribution in [1.29, 1.82) is 0 Å². The molecule has 1 aromatic heterocycles. The fourth-order valence-electron chi connectivity index (χ4n) is 2.89. The van der Waals surface area contributed by atoms with Crippen LogP contribution in [0.4, 0.5) is 5.82 Å². The molecule has 5 nitrogen and oxygen atoms in total. The molecule has 1 aromatic rings. The highest BCUT2D eigenvalue weighted by Gasteiger charge is 2.32. The van der Waals surface area contributed by atoms with Gasteiger partial charge in [0, 0.05) is 18.5 Å². The van der Waals surface area contributed by atoms with E-state index >= 15 is 0 Å². The summed E-state index contributed by atoms with van der Waals surface area (Å²) in [6.45, 7) is 6.59. The zero-order chi connectivity index (χ0) is 14.8. The molecular formula is C15H25N3O2. The summed E-state index contributed by atoms with van der Waals surface area (Å²) in [6, 6.07) is 1.45. The van der Waals surface area contributed by atoms with Gasteiger partial charge in [-0.1, -0.05) is 33.6 Å². The molecule has 0 aliphatic heterocycles. The minimum atomic E-state index is -0.681. The predicted octanol–water partition coefficient (Wildman–Crippen LogP) is 2.25. The molecule has 3 N–H and O–H groups in total. The first kappa shape index (κ1) is 15.0. The van der Waals surface area contributed by atoms with Crippen LogP contribution < -0.4 is 10.9 Å². The van der Waals surface area contributed by atoms with Crippen LogP contribution in [0.3, 0.4) is 0 Å². The summed E-state index contributed by atoms with van der Waals surface area (Å²) in [5.74, 6) is 1.93. The summed E-state index contributed by atoms with van der Waals surface area (Å²) in [7, 11) is 0. The van der Waals surface area contributed by atoms with Crippen molar-refractivity contribution in [3.8, 4) is 0 Å². The standard InChI is InChI=1S/C15H25N3O2/c1-10(2)14-17-12(7-13(19)18-14)16-9-15(20)6-4-5-11(3)8-15/h7,10-11,20H,4-6,8-9H2,1-3H3,(H2,16,17,18,19). The van der Waals surface area contributed by atoms with E-state index in [0.717, 1.165) is 19.3 Å². The molecule has 0 spiro atoms. The molecule has 1 fully saturated rings. The van der Waals surface area contributed by atoms with Gasteiger partial charge in [0.15, 0.2) is 0 Å². The van der Waals surface area contributed by atoms with Crippen molar-refractivity contribution in [2.45, 2.75) is 58.0 Å². The number of H-pyrrole nitrogens is 1. The highest BCUT2D eigenvalue weighted by molar-refractivity contribution is 5.34. The van der Waals surface area contributed by atoms with Gasteiger partial charge in [0.05, 0.1) is 5.60 Å². The minimum absolute atomic E-state index is 0.157. The monoisotopic (exact) mass is 279 g/mol. The second-order valence-electron chi connectivity index (χ2n) is 6.45. The molecule has 2 atom stereocenters. The number of nitrogens with zero attached hydrogens (tertiary/aromatic N) is 1. The number of rotatable bonds is 4. The second-order valence-corrected chi connectivity index (χ2v) is 6.45. The summed E-state index contributed by atoms with van der Waals surface area (Å²) < 4.78 is 0. The van der Waals surface area contributed by atoms with Gasteiger partial charge in [-0.3, -0.25) is 4.79 Å². The van der Waals surface area contributed by atoms with Gasteiger partial charge in [-0.2, -0.15) is 0 Å². The van der Waals surface area contributed by atoms with Crippen LogP contribution in [0.15, 0.2) is 10.9 Å². The number of aromatic nitrogens is 2. The van der Waals surface area contributed by atoms with E-state index < -0.39 is 5.60 Å². The van der Waals surface area contributed by atoms with Gasteiger partial charge in [0.1, 0.15) is 11.6 Å². The molecule has 1 aliphatic carbocycles. The third kappa shape index (κ3) is 3.82. The molecule has 2 unspecified atom stereocenters. The van der Waals surface area contributed by atoms with E-state index in [2.05, 4.69) is 22.2 Å². The number of anilines is 1. The van der Waals surface area contributed by atoms with Gasteiger partial charge >= 0.3 is 0 Å². The Labute approximate surface area is 119 Å². The van der Waals surface area contributed by atoms with Gasteiger partial charge in [-0.05, 0) is 18.8 Å². The Kier molecular flexibility index (Phi) is 4.48. The van der Waals surface area contributed by atoms with Crippen molar-refractivity contribution >= 4 is 5.82 Å². The van der Waals surface area contributed by atoms with E-state index in [0.29, 0.717) is 24.1 Å². The Morgan fingerprint density at radius 1 is 1.60 bits per heavy atom. The van der Waals surface area contributed by atoms with Crippen LogP contribution >= 0.6 is 0 Å². The topological polar surface area (TPSA) is 78.0 Å². The molecule has 0 amide bonds. The zero-order valence-corrected chi connectivity index (χ0v) is 12.6. The van der Waals surface area contributed by atoms with Gasteiger partial charge in [0.2, 0.25) is 0 Å². The molecule has 5 heteroatoms. The maximum absolute atomic E-state index is 11.6. The number of aliphatic hydroxyl groups is 1. The molecule has 0 radical (unpaired) electrons. The third-order valence-corrected chi connectivity index (χ3v) is 3.97. The van der Waals surface area contributed by atoms with Crippen molar-refractivity contribution < 1.29 is 5.11 Å². The fraction of sp³-hybridized carbons (Fsp3) is 0.733. The molecule has 1 aliphatic rings. The molecular weight excluding hydrogens is 254 g/mol. The Hall–Kier alpha value is -1.36. The van der Waals surface area contributed by atoms with E-state index in [1.54, 1.807) is 0 Å². The Morgan fingerprint density at radius 2 is 2.35 bits per heavy atom. The Bertz CT molecular complexity index is 512. The maximum Gasteiger partial charge on any atom is 0.252 e. The van der Waals surface area contributed by atoms with Gasteiger partial charge < -0.3 is 15.4 Å². The van der Waals surface area contributed by atoms with E-state index in [4.69, 9.17) is 0 Å². The van der Waals surface area contributed by atoms with Crippen LogP contribution in [0.1, 0.15) is 58.2 Å². The number of hydrogen-bond donors (Lipinski definition) is 3. The summed E-state index contributed by atoms with van der Waals surface area (Å²) in [5.41, 5.74) is -0.838. The normalized spacial score (nSPS) is 26.8. The lowest BCUT2D eigenvalue weighted by Gasteiger charge is -2.35. The Balaban J connectivity index is 2.05. The predicted molar refractivity (Wildman–Crippen MR) is 80.0 cm³/mol. The zero-order valence-electron chi connectivity index (χ0n) is 12.6. The molecule has 20 heavy (non-hydrogen) atoms. The first-order chi connectivity index (χ1) is 9.38. The summed E-state index contributed by atoms with van der Waals surface area (Å²) in [5, 5.41) is 13.7. The van der Waals surface area contributed by atoms with Crippen molar-refractivity contribution in [3.05, 3.63) is 22.2 Å². The van der Waals surface area contributed by atoms with Crippen LogP contribution in [0.25, 0.3) is 0 Å². The number of hydrogen-bond acceptors (Lipinski definition) is 4. The Morgan fingerprint density at radius 3 is 3.00 bits per heavy atom. The smallest absolute Gasteiger partial charge is 0.252 e. The van der Waals surface area contributed by atoms with E-state index in [1.807, 2.05) is 13.8 Å². The third-order valence-electron chi connectivity index (χ3n) is 3.97. The lowest BCUT2D eigenvalue weighted by molar-refractivity contribution is -0.000834. The molecule has 1 heterocycles. The largest absolute Gasteiger partial charge is 0.388 e. The fourth-order valence-corrected chi connectivity index (χ4v) is 2.89. The number of nitrogens with one attached hydrogen (secondary N) is 2. The SMILES string of the molecule is CC1CCCC(O)(CNc2cc(=O)[nH]c(C(C)C)n2)C1. The molecule has 0 bridgehead atoms. The van der Waals surface area contributed by atoms with Crippen molar-refractivity contribution in [3.63, 3.8) is 0 Å². The minimum Gasteiger partial charge on any atom is -0.388 e. The molecule has 2 rings (SSSR count). The molecule has 0 saturated heterocycles. The first-order valence-electron chi connectivity index (χ1n) is 7.45. The summed E-state index contributed by atoms with van der Waals surface area (Å²) in [6.07, 6.45) is 3.85. The van der Waals surface area contributed by atoms with Crippen LogP contribution in [0, 0.1) is 5.92 Å². The average molecular weight is 279 g/mol. The van der Waals surface area contributed by atoms with Gasteiger partial charge in [-0.15, -0.1) is 0 Å². The van der Waals surface area contributed by atoms with E-state index in [1.165, 1.54) is 12.5 Å². The van der Waals surface area contributed by atoms with E-state index in [-0.39, 0.29) is 11.5 Å². The van der Waals surface area contributed by atoms with E-state index in [9.17, 15) is 9.90 Å². The highest BCUT2D eigenvalue weighted by atomic mass is 16.3. The molecule has 0 aromatic carbocycles.